The van der Waals surface area contributed by atoms with E-state index in [2.05, 4.69) is 5.92 Å². The normalized spacial score (nSPS) is 44.9. The maximum absolute atomic E-state index is 9.63. The van der Waals surface area contributed by atoms with E-state index >= 15 is 0 Å². The summed E-state index contributed by atoms with van der Waals surface area (Å²) < 4.78 is 5.23. The van der Waals surface area contributed by atoms with Crippen molar-refractivity contribution in [1.82, 2.24) is 0 Å². The van der Waals surface area contributed by atoms with Gasteiger partial charge in [-0.2, -0.15) is 0 Å². The second-order valence-electron chi connectivity index (χ2n) is 3.50. The maximum atomic E-state index is 9.63. The van der Waals surface area contributed by atoms with Gasteiger partial charge in [0.05, 0.1) is 12.0 Å². The van der Waals surface area contributed by atoms with Gasteiger partial charge in [-0.05, 0) is 13.3 Å². The van der Waals surface area contributed by atoms with E-state index in [1.165, 1.54) is 0 Å². The molecule has 0 aromatic rings. The van der Waals surface area contributed by atoms with Gasteiger partial charge in [-0.25, -0.2) is 9.42 Å². The number of terminal acetylenes is 1. The molecule has 1 rings (SSSR count). The number of rotatable bonds is 0. The summed E-state index contributed by atoms with van der Waals surface area (Å²) in [5, 5.41) is 0. The SMILES string of the molecule is C#CC1(C)CCO[P+](C)(O)C1. The molecule has 1 aliphatic heterocycles. The van der Waals surface area contributed by atoms with Crippen molar-refractivity contribution >= 4 is 7.72 Å². The summed E-state index contributed by atoms with van der Waals surface area (Å²) in [4.78, 5) is 9.63. The van der Waals surface area contributed by atoms with Gasteiger partial charge in [0.25, 0.3) is 7.72 Å². The highest BCUT2D eigenvalue weighted by molar-refractivity contribution is 7.64. The molecule has 2 nitrogen and oxygen atoms in total. The third kappa shape index (κ3) is 2.17. The van der Waals surface area contributed by atoms with Crippen LogP contribution in [0.25, 0.3) is 0 Å². The molecule has 1 aliphatic rings. The van der Waals surface area contributed by atoms with E-state index in [0.29, 0.717) is 12.8 Å². The molecular weight excluding hydrogens is 159 g/mol. The molecule has 0 saturated carbocycles. The first-order valence-electron chi connectivity index (χ1n) is 3.68. The fraction of sp³-hybridized carbons (Fsp3) is 0.750. The molecule has 0 aromatic heterocycles. The molecule has 1 heterocycles. The van der Waals surface area contributed by atoms with Gasteiger partial charge in [0.1, 0.15) is 12.8 Å². The number of hydrogen-bond donors (Lipinski definition) is 1. The summed E-state index contributed by atoms with van der Waals surface area (Å²) in [5.41, 5.74) is -0.143. The molecular formula is C8H14O2P+. The summed E-state index contributed by atoms with van der Waals surface area (Å²) in [6.07, 6.45) is 6.86. The highest BCUT2D eigenvalue weighted by Gasteiger charge is 2.45. The lowest BCUT2D eigenvalue weighted by Gasteiger charge is -2.30. The lowest BCUT2D eigenvalue weighted by atomic mass is 9.91. The monoisotopic (exact) mass is 173 g/mol. The lowest BCUT2D eigenvalue weighted by molar-refractivity contribution is 0.214. The van der Waals surface area contributed by atoms with E-state index in [1.807, 2.05) is 6.92 Å². The molecule has 2 atom stereocenters. The minimum Gasteiger partial charge on any atom is -0.220 e. The summed E-state index contributed by atoms with van der Waals surface area (Å²) in [5.74, 6) is 2.72. The number of hydrogen-bond acceptors (Lipinski definition) is 2. The highest BCUT2D eigenvalue weighted by atomic mass is 31.2. The van der Waals surface area contributed by atoms with Crippen LogP contribution in [0.3, 0.4) is 0 Å². The van der Waals surface area contributed by atoms with Crippen LogP contribution in [-0.2, 0) is 4.52 Å². The van der Waals surface area contributed by atoms with Gasteiger partial charge in [0.15, 0.2) is 0 Å². The Hall–Kier alpha value is -0.0900. The van der Waals surface area contributed by atoms with E-state index in [-0.39, 0.29) is 5.41 Å². The van der Waals surface area contributed by atoms with Crippen molar-refractivity contribution in [2.24, 2.45) is 5.41 Å². The van der Waals surface area contributed by atoms with Crippen molar-refractivity contribution in [3.05, 3.63) is 0 Å². The standard InChI is InChI=1S/C8H14O2P/c1-4-8(2)5-6-10-11(3,9)7-8/h1,9H,5-7H2,2-3H3/q+1. The molecule has 0 radical (unpaired) electrons. The average molecular weight is 173 g/mol. The van der Waals surface area contributed by atoms with Crippen LogP contribution in [0.15, 0.2) is 0 Å². The minimum atomic E-state index is -2.12. The van der Waals surface area contributed by atoms with Crippen molar-refractivity contribution in [3.8, 4) is 12.3 Å². The van der Waals surface area contributed by atoms with Gasteiger partial charge < -0.3 is 0 Å². The molecule has 1 N–H and O–H groups in total. The molecule has 1 saturated heterocycles. The second-order valence-corrected chi connectivity index (χ2v) is 6.17. The van der Waals surface area contributed by atoms with Gasteiger partial charge >= 0.3 is 0 Å². The molecule has 0 aromatic carbocycles. The Morgan fingerprint density at radius 1 is 1.73 bits per heavy atom. The molecule has 11 heavy (non-hydrogen) atoms. The quantitative estimate of drug-likeness (QED) is 0.444. The minimum absolute atomic E-state index is 0.143. The van der Waals surface area contributed by atoms with E-state index < -0.39 is 7.72 Å². The topological polar surface area (TPSA) is 29.5 Å². The van der Waals surface area contributed by atoms with Crippen LogP contribution in [0.5, 0.6) is 0 Å². The third-order valence-corrected chi connectivity index (χ3v) is 4.04. The van der Waals surface area contributed by atoms with Crippen molar-refractivity contribution < 1.29 is 9.42 Å². The molecule has 62 valence electrons. The zero-order valence-corrected chi connectivity index (χ0v) is 7.90. The summed E-state index contributed by atoms with van der Waals surface area (Å²) in [7, 11) is -2.12. The summed E-state index contributed by atoms with van der Waals surface area (Å²) >= 11 is 0. The molecule has 3 heteroatoms. The molecule has 0 amide bonds. The summed E-state index contributed by atoms with van der Waals surface area (Å²) in [6, 6.07) is 0. The third-order valence-electron chi connectivity index (χ3n) is 2.01. The Morgan fingerprint density at radius 2 is 2.36 bits per heavy atom. The highest BCUT2D eigenvalue weighted by Crippen LogP contribution is 2.59. The fourth-order valence-corrected chi connectivity index (χ4v) is 3.48. The van der Waals surface area contributed by atoms with E-state index in [9.17, 15) is 4.89 Å². The van der Waals surface area contributed by atoms with Crippen LogP contribution in [0.4, 0.5) is 0 Å². The van der Waals surface area contributed by atoms with Crippen molar-refractivity contribution in [1.29, 1.82) is 0 Å². The molecule has 0 spiro atoms. The first kappa shape index (κ1) is 9.00. The Balaban J connectivity index is 2.69. The maximum Gasteiger partial charge on any atom is 0.270 e. The van der Waals surface area contributed by atoms with Gasteiger partial charge in [-0.3, -0.25) is 0 Å². The van der Waals surface area contributed by atoms with E-state index in [0.717, 1.165) is 6.42 Å². The second kappa shape index (κ2) is 2.75. The first-order valence-corrected chi connectivity index (χ1v) is 5.97. The van der Waals surface area contributed by atoms with Gasteiger partial charge in [0, 0.05) is 0 Å². The Labute approximate surface area is 68.5 Å². The summed E-state index contributed by atoms with van der Waals surface area (Å²) in [6.45, 7) is 4.37. The largest absolute Gasteiger partial charge is 0.270 e. The van der Waals surface area contributed by atoms with Gasteiger partial charge in [0.2, 0.25) is 0 Å². The molecule has 2 unspecified atom stereocenters. The molecule has 1 fully saturated rings. The van der Waals surface area contributed by atoms with Gasteiger partial charge in [-0.1, -0.05) is 5.92 Å². The van der Waals surface area contributed by atoms with Crippen LogP contribution in [0.1, 0.15) is 13.3 Å². The van der Waals surface area contributed by atoms with Crippen molar-refractivity contribution in [3.63, 3.8) is 0 Å². The first-order chi connectivity index (χ1) is 4.97. The Kier molecular flexibility index (Phi) is 2.25. The predicted molar refractivity (Wildman–Crippen MR) is 47.4 cm³/mol. The Morgan fingerprint density at radius 3 is 2.73 bits per heavy atom. The molecule has 0 bridgehead atoms. The zero-order chi connectivity index (χ0) is 8.54. The fourth-order valence-electron chi connectivity index (χ4n) is 1.36. The average Bonchev–Trinajstić information content (AvgIpc) is 1.85. The predicted octanol–water partition coefficient (Wildman–Crippen LogP) is 1.52. The van der Waals surface area contributed by atoms with Crippen LogP contribution in [-0.4, -0.2) is 24.3 Å². The van der Waals surface area contributed by atoms with Crippen LogP contribution < -0.4 is 0 Å². The zero-order valence-electron chi connectivity index (χ0n) is 7.00. The van der Waals surface area contributed by atoms with Crippen LogP contribution in [0, 0.1) is 17.8 Å². The van der Waals surface area contributed by atoms with E-state index in [1.54, 1.807) is 6.66 Å². The van der Waals surface area contributed by atoms with Crippen LogP contribution in [0.2, 0.25) is 0 Å². The van der Waals surface area contributed by atoms with Crippen molar-refractivity contribution in [2.45, 2.75) is 13.3 Å². The molecule has 0 aliphatic carbocycles. The van der Waals surface area contributed by atoms with Crippen molar-refractivity contribution in [2.75, 3.05) is 19.4 Å². The lowest BCUT2D eigenvalue weighted by Crippen LogP contribution is -2.28. The van der Waals surface area contributed by atoms with Gasteiger partial charge in [-0.15, -0.1) is 6.42 Å². The Bertz CT molecular complexity index is 195. The smallest absolute Gasteiger partial charge is 0.220 e. The van der Waals surface area contributed by atoms with E-state index in [4.69, 9.17) is 10.9 Å². The van der Waals surface area contributed by atoms with Crippen LogP contribution >= 0.6 is 7.72 Å².